The molecule has 0 unspecified atom stereocenters. The van der Waals surface area contributed by atoms with E-state index in [1.165, 1.54) is 7.11 Å². The number of Topliss-reactive ketones (excluding diaryl/α,β-unsaturated/α-hetero) is 1. The fraction of sp³-hybridized carbons (Fsp3) is 0.333. The van der Waals surface area contributed by atoms with Crippen molar-refractivity contribution < 1.29 is 19.1 Å². The third kappa shape index (κ3) is 0.988. The number of ether oxygens (including phenoxy) is 2. The van der Waals surface area contributed by atoms with Gasteiger partial charge < -0.3 is 9.47 Å². The smallest absolute Gasteiger partial charge is 0.351 e. The Balaban J connectivity index is 2.05. The molecule has 2 aliphatic rings. The van der Waals surface area contributed by atoms with Crippen molar-refractivity contribution in [3.05, 3.63) is 29.8 Å². The lowest BCUT2D eigenvalue weighted by atomic mass is 10.0. The van der Waals surface area contributed by atoms with Crippen molar-refractivity contribution in [1.82, 2.24) is 0 Å². The highest BCUT2D eigenvalue weighted by Gasteiger charge is 2.70. The molecule has 0 radical (unpaired) electrons. The number of benzene rings is 1. The molecule has 1 fully saturated rings. The molecule has 2 atom stereocenters. The van der Waals surface area contributed by atoms with Crippen LogP contribution in [-0.4, -0.2) is 24.5 Å². The zero-order valence-electron chi connectivity index (χ0n) is 8.73. The molecule has 0 saturated heterocycles. The van der Waals surface area contributed by atoms with Gasteiger partial charge in [-0.1, -0.05) is 12.1 Å². The Morgan fingerprint density at radius 2 is 2.25 bits per heavy atom. The van der Waals surface area contributed by atoms with Gasteiger partial charge in [0.05, 0.1) is 18.6 Å². The number of para-hydroxylation sites is 1. The van der Waals surface area contributed by atoms with Gasteiger partial charge in [0.2, 0.25) is 5.60 Å². The third-order valence-corrected chi connectivity index (χ3v) is 3.20. The maximum absolute atomic E-state index is 12.0. The van der Waals surface area contributed by atoms with Crippen LogP contribution >= 0.6 is 0 Å². The normalized spacial score (nSPS) is 29.8. The molecule has 3 rings (SSSR count). The van der Waals surface area contributed by atoms with Gasteiger partial charge in [-0.15, -0.1) is 0 Å². The molecule has 0 N–H and O–H groups in total. The van der Waals surface area contributed by atoms with E-state index in [1.807, 2.05) is 0 Å². The van der Waals surface area contributed by atoms with Crippen LogP contribution in [0.15, 0.2) is 24.3 Å². The van der Waals surface area contributed by atoms with Crippen LogP contribution in [0.2, 0.25) is 0 Å². The minimum absolute atomic E-state index is 0.0211. The van der Waals surface area contributed by atoms with Crippen molar-refractivity contribution in [3.8, 4) is 5.75 Å². The maximum Gasteiger partial charge on any atom is 0.351 e. The molecule has 1 saturated carbocycles. The van der Waals surface area contributed by atoms with Crippen molar-refractivity contribution >= 4 is 11.8 Å². The number of rotatable bonds is 1. The first-order valence-corrected chi connectivity index (χ1v) is 5.10. The van der Waals surface area contributed by atoms with E-state index in [2.05, 4.69) is 4.74 Å². The lowest BCUT2D eigenvalue weighted by molar-refractivity contribution is -0.151. The predicted octanol–water partition coefficient (Wildman–Crippen LogP) is 1.19. The Bertz CT molecular complexity index is 494. The van der Waals surface area contributed by atoms with Crippen LogP contribution in [0, 0.1) is 5.92 Å². The van der Waals surface area contributed by atoms with E-state index >= 15 is 0 Å². The molecule has 82 valence electrons. The van der Waals surface area contributed by atoms with Crippen molar-refractivity contribution in [2.75, 3.05) is 7.11 Å². The number of carbonyl (C=O) groups excluding carboxylic acids is 2. The van der Waals surface area contributed by atoms with E-state index in [0.717, 1.165) is 0 Å². The van der Waals surface area contributed by atoms with Gasteiger partial charge in [-0.2, -0.15) is 0 Å². The Morgan fingerprint density at radius 1 is 1.50 bits per heavy atom. The van der Waals surface area contributed by atoms with Gasteiger partial charge in [-0.3, -0.25) is 4.79 Å². The summed E-state index contributed by atoms with van der Waals surface area (Å²) in [5.74, 6) is -0.367. The second-order valence-electron chi connectivity index (χ2n) is 4.10. The summed E-state index contributed by atoms with van der Waals surface area (Å²) >= 11 is 0. The zero-order chi connectivity index (χ0) is 11.3. The van der Waals surface area contributed by atoms with Crippen LogP contribution in [0.4, 0.5) is 0 Å². The topological polar surface area (TPSA) is 52.6 Å². The molecule has 1 heterocycles. The summed E-state index contributed by atoms with van der Waals surface area (Å²) in [7, 11) is 1.31. The molecule has 1 aliphatic carbocycles. The van der Waals surface area contributed by atoms with E-state index in [4.69, 9.17) is 4.74 Å². The fourth-order valence-electron chi connectivity index (χ4n) is 2.24. The average Bonchev–Trinajstić information content (AvgIpc) is 3.04. The van der Waals surface area contributed by atoms with Gasteiger partial charge in [-0.05, 0) is 12.1 Å². The molecule has 0 aromatic heterocycles. The molecular formula is C12H10O4. The van der Waals surface area contributed by atoms with Crippen molar-refractivity contribution in [1.29, 1.82) is 0 Å². The van der Waals surface area contributed by atoms with Crippen LogP contribution in [0.25, 0.3) is 0 Å². The molecule has 16 heavy (non-hydrogen) atoms. The van der Waals surface area contributed by atoms with Crippen LogP contribution in [0.5, 0.6) is 5.75 Å². The molecule has 0 spiro atoms. The highest BCUT2D eigenvalue weighted by molar-refractivity contribution is 6.09. The second-order valence-corrected chi connectivity index (χ2v) is 4.10. The SMILES string of the molecule is COC(=O)[C@]12C[C@H]1C(=O)c1ccccc1O2. The first kappa shape index (κ1) is 9.39. The zero-order valence-corrected chi connectivity index (χ0v) is 8.73. The predicted molar refractivity (Wildman–Crippen MR) is 54.3 cm³/mol. The standard InChI is InChI=1S/C12H10O4/c1-15-11(14)12-6-8(12)10(13)7-4-2-3-5-9(7)16-12/h2-5,8H,6H2,1H3/t8-,12-/m0/s1. The third-order valence-electron chi connectivity index (χ3n) is 3.20. The Hall–Kier alpha value is -1.84. The quantitative estimate of drug-likeness (QED) is 0.664. The second kappa shape index (κ2) is 2.84. The van der Waals surface area contributed by atoms with Crippen LogP contribution in [-0.2, 0) is 9.53 Å². The summed E-state index contributed by atoms with van der Waals surface area (Å²) in [5.41, 5.74) is -0.482. The monoisotopic (exact) mass is 218 g/mol. The number of methoxy groups -OCH3 is 1. The van der Waals surface area contributed by atoms with Crippen molar-refractivity contribution in [2.45, 2.75) is 12.0 Å². The molecule has 4 nitrogen and oxygen atoms in total. The maximum atomic E-state index is 12.0. The molecule has 1 aromatic rings. The van der Waals surface area contributed by atoms with Gasteiger partial charge in [0.15, 0.2) is 5.78 Å². The average molecular weight is 218 g/mol. The van der Waals surface area contributed by atoms with Gasteiger partial charge in [-0.25, -0.2) is 4.79 Å². The van der Waals surface area contributed by atoms with Gasteiger partial charge in [0.1, 0.15) is 5.75 Å². The minimum Gasteiger partial charge on any atom is -0.474 e. The van der Waals surface area contributed by atoms with E-state index in [9.17, 15) is 9.59 Å². The Labute approximate surface area is 92.2 Å². The number of hydrogen-bond acceptors (Lipinski definition) is 4. The highest BCUT2D eigenvalue weighted by atomic mass is 16.6. The van der Waals surface area contributed by atoms with Crippen LogP contribution in [0.3, 0.4) is 0 Å². The number of ketones is 1. The number of esters is 1. The first-order chi connectivity index (χ1) is 7.69. The van der Waals surface area contributed by atoms with Crippen LogP contribution < -0.4 is 4.74 Å². The first-order valence-electron chi connectivity index (χ1n) is 5.10. The van der Waals surface area contributed by atoms with Crippen LogP contribution in [0.1, 0.15) is 16.8 Å². The Morgan fingerprint density at radius 3 is 3.00 bits per heavy atom. The Kier molecular flexibility index (Phi) is 1.67. The summed E-state index contributed by atoms with van der Waals surface area (Å²) in [6.07, 6.45) is 0.424. The van der Waals surface area contributed by atoms with E-state index in [1.54, 1.807) is 24.3 Å². The molecule has 1 aliphatic heterocycles. The number of fused-ring (bicyclic) bond motifs is 2. The van der Waals surface area contributed by atoms with E-state index in [-0.39, 0.29) is 11.7 Å². The highest BCUT2D eigenvalue weighted by Crippen LogP contribution is 2.54. The molecule has 0 amide bonds. The summed E-state index contributed by atoms with van der Waals surface area (Å²) < 4.78 is 10.3. The van der Waals surface area contributed by atoms with E-state index < -0.39 is 11.6 Å². The van der Waals surface area contributed by atoms with Gasteiger partial charge in [0.25, 0.3) is 0 Å². The van der Waals surface area contributed by atoms with Gasteiger partial charge >= 0.3 is 5.97 Å². The summed E-state index contributed by atoms with van der Waals surface area (Å²) in [6, 6.07) is 6.98. The summed E-state index contributed by atoms with van der Waals surface area (Å²) in [5, 5.41) is 0. The largest absolute Gasteiger partial charge is 0.474 e. The summed E-state index contributed by atoms with van der Waals surface area (Å²) in [4.78, 5) is 23.6. The molecular weight excluding hydrogens is 208 g/mol. The minimum atomic E-state index is -1.04. The lowest BCUT2D eigenvalue weighted by Gasteiger charge is -2.23. The van der Waals surface area contributed by atoms with Crippen molar-refractivity contribution in [3.63, 3.8) is 0 Å². The molecule has 4 heteroatoms. The summed E-state index contributed by atoms with van der Waals surface area (Å²) in [6.45, 7) is 0. The molecule has 1 aromatic carbocycles. The lowest BCUT2D eigenvalue weighted by Crippen LogP contribution is -2.38. The number of hydrogen-bond donors (Lipinski definition) is 0. The van der Waals surface area contributed by atoms with Crippen molar-refractivity contribution in [2.24, 2.45) is 5.92 Å². The number of carbonyl (C=O) groups is 2. The fourth-order valence-corrected chi connectivity index (χ4v) is 2.24. The molecule has 0 bridgehead atoms. The van der Waals surface area contributed by atoms with E-state index in [0.29, 0.717) is 17.7 Å². The van der Waals surface area contributed by atoms with Gasteiger partial charge in [0, 0.05) is 6.42 Å².